The molecule has 9 heteroatoms. The summed E-state index contributed by atoms with van der Waals surface area (Å²) in [4.78, 5) is 6.48. The number of nitrogens with zero attached hydrogens (tertiary/aromatic N) is 4. The number of halogens is 3. The summed E-state index contributed by atoms with van der Waals surface area (Å²) < 4.78 is 54.4. The van der Waals surface area contributed by atoms with E-state index in [4.69, 9.17) is 9.47 Å². The summed E-state index contributed by atoms with van der Waals surface area (Å²) in [6.07, 6.45) is 0.229. The van der Waals surface area contributed by atoms with Crippen LogP contribution in [0, 0.1) is 11.3 Å². The second-order valence-electron chi connectivity index (χ2n) is 9.73. The average molecular weight is 468 g/mol. The lowest BCUT2D eigenvalue weighted by Gasteiger charge is -2.49. The fourth-order valence-electron chi connectivity index (χ4n) is 5.86. The van der Waals surface area contributed by atoms with E-state index < -0.39 is 23.8 Å². The van der Waals surface area contributed by atoms with E-state index in [1.807, 2.05) is 21.6 Å². The topological polar surface area (TPSA) is 63.3 Å². The highest BCUT2D eigenvalue weighted by Gasteiger charge is 2.59. The molecule has 0 N–H and O–H groups in total. The van der Waals surface area contributed by atoms with Crippen molar-refractivity contribution in [2.75, 3.05) is 6.54 Å². The minimum atomic E-state index is -4.37. The number of alkyl halides is 3. The summed E-state index contributed by atoms with van der Waals surface area (Å²) in [5.41, 5.74) is 1.40. The number of benzene rings is 2. The number of hydrogen-bond acceptors (Lipinski definition) is 5. The largest absolute Gasteiger partial charge is 0.416 e. The Hall–Kier alpha value is -2.93. The van der Waals surface area contributed by atoms with Gasteiger partial charge in [0.05, 0.1) is 52.3 Å². The van der Waals surface area contributed by atoms with Crippen LogP contribution in [-0.4, -0.2) is 38.6 Å². The van der Waals surface area contributed by atoms with Gasteiger partial charge in [0, 0.05) is 19.5 Å². The van der Waals surface area contributed by atoms with Crippen LogP contribution in [0.2, 0.25) is 0 Å². The van der Waals surface area contributed by atoms with Crippen LogP contribution in [0.15, 0.2) is 48.8 Å². The zero-order valence-corrected chi connectivity index (χ0v) is 18.4. The van der Waals surface area contributed by atoms with E-state index in [2.05, 4.69) is 11.1 Å². The minimum absolute atomic E-state index is 0.325. The third-order valence-electron chi connectivity index (χ3n) is 7.25. The average Bonchev–Trinajstić information content (AvgIpc) is 3.31. The summed E-state index contributed by atoms with van der Waals surface area (Å²) in [5.74, 6) is 0. The van der Waals surface area contributed by atoms with Gasteiger partial charge in [-0.2, -0.15) is 18.4 Å². The zero-order chi connectivity index (χ0) is 23.6. The zero-order valence-electron chi connectivity index (χ0n) is 18.4. The lowest BCUT2D eigenvalue weighted by molar-refractivity contribution is -0.326. The molecule has 0 radical (unpaired) electrons. The Labute approximate surface area is 194 Å². The molecular weight excluding hydrogens is 445 g/mol. The van der Waals surface area contributed by atoms with Crippen LogP contribution in [0.3, 0.4) is 0 Å². The van der Waals surface area contributed by atoms with Crippen LogP contribution in [0.25, 0.3) is 11.0 Å². The Balaban J connectivity index is 1.26. The number of rotatable bonds is 4. The van der Waals surface area contributed by atoms with Crippen molar-refractivity contribution in [1.82, 2.24) is 14.5 Å². The molecule has 6 nitrogen and oxygen atoms in total. The van der Waals surface area contributed by atoms with Crippen LogP contribution >= 0.6 is 0 Å². The van der Waals surface area contributed by atoms with Gasteiger partial charge in [-0.15, -0.1) is 0 Å². The standard InChI is InChI=1S/C25H23F3N4O2/c26-25(27,28)19-4-1-3-18(9-19)12-31-14-23-7-2-8-24(13-23,34-22(31)33-23)15-32-16-30-20-6-5-17(11-29)10-21(20)32/h1,3-6,9-10,16,22H,2,7-8,12-15H2/t22?,23-,24-/m0/s1. The third kappa shape index (κ3) is 3.66. The van der Waals surface area contributed by atoms with Crippen LogP contribution in [0.1, 0.15) is 42.4 Å². The van der Waals surface area contributed by atoms with Gasteiger partial charge < -0.3 is 14.0 Å². The molecule has 3 bridgehead atoms. The number of fused-ring (bicyclic) bond motifs is 3. The molecule has 2 saturated heterocycles. The molecule has 1 spiro atoms. The number of hydrogen-bond donors (Lipinski definition) is 0. The van der Waals surface area contributed by atoms with Crippen molar-refractivity contribution in [2.24, 2.45) is 0 Å². The van der Waals surface area contributed by atoms with Crippen LogP contribution < -0.4 is 0 Å². The molecule has 1 saturated carbocycles. The van der Waals surface area contributed by atoms with Gasteiger partial charge >= 0.3 is 6.18 Å². The molecule has 6 rings (SSSR count). The molecule has 1 unspecified atom stereocenters. The number of ether oxygens (including phenoxy) is 2. The Kier molecular flexibility index (Phi) is 4.79. The highest BCUT2D eigenvalue weighted by Crippen LogP contribution is 2.51. The van der Waals surface area contributed by atoms with Crippen molar-refractivity contribution in [3.63, 3.8) is 0 Å². The van der Waals surface area contributed by atoms with Gasteiger partial charge in [0.2, 0.25) is 6.41 Å². The van der Waals surface area contributed by atoms with Gasteiger partial charge in [-0.3, -0.25) is 0 Å². The molecule has 3 fully saturated rings. The molecule has 1 aliphatic carbocycles. The van der Waals surface area contributed by atoms with E-state index >= 15 is 0 Å². The highest BCUT2D eigenvalue weighted by atomic mass is 19.4. The first-order valence-corrected chi connectivity index (χ1v) is 11.4. The second kappa shape index (κ2) is 7.54. The van der Waals surface area contributed by atoms with E-state index in [0.717, 1.165) is 36.4 Å². The van der Waals surface area contributed by atoms with E-state index in [1.54, 1.807) is 18.5 Å². The number of nitriles is 1. The van der Waals surface area contributed by atoms with Crippen molar-refractivity contribution < 1.29 is 22.6 Å². The predicted molar refractivity (Wildman–Crippen MR) is 116 cm³/mol. The van der Waals surface area contributed by atoms with Crippen molar-refractivity contribution in [1.29, 1.82) is 5.26 Å². The predicted octanol–water partition coefficient (Wildman–Crippen LogP) is 4.82. The first kappa shape index (κ1) is 21.6. The van der Waals surface area contributed by atoms with E-state index in [0.29, 0.717) is 37.2 Å². The van der Waals surface area contributed by atoms with Gasteiger partial charge in [0.15, 0.2) is 0 Å². The molecule has 3 aromatic rings. The normalized spacial score (nSPS) is 28.8. The quantitative estimate of drug-likeness (QED) is 0.549. The fraction of sp³-hybridized carbons (Fsp3) is 0.440. The molecule has 176 valence electrons. The SMILES string of the molecule is N#Cc1ccc2ncn(C[C@@]34CCC[C@@]5(CN(Cc6cccc(C(F)(F)F)c6)C(O5)O3)C4)c2c1. The number of imidazole rings is 1. The van der Waals surface area contributed by atoms with Crippen molar-refractivity contribution in [2.45, 2.75) is 62.6 Å². The van der Waals surface area contributed by atoms with E-state index in [-0.39, 0.29) is 5.60 Å². The summed E-state index contributed by atoms with van der Waals surface area (Å²) in [5, 5.41) is 9.29. The second-order valence-corrected chi connectivity index (χ2v) is 9.73. The monoisotopic (exact) mass is 468 g/mol. The fourth-order valence-corrected chi connectivity index (χ4v) is 5.86. The summed E-state index contributed by atoms with van der Waals surface area (Å²) in [7, 11) is 0. The maximum atomic E-state index is 13.2. The Morgan fingerprint density at radius 2 is 2.03 bits per heavy atom. The minimum Gasteiger partial charge on any atom is -0.331 e. The molecule has 3 aliphatic rings. The van der Waals surface area contributed by atoms with Gasteiger partial charge in [-0.05, 0) is 49.1 Å². The lowest BCUT2D eigenvalue weighted by Crippen LogP contribution is -2.55. The van der Waals surface area contributed by atoms with Crippen molar-refractivity contribution in [3.8, 4) is 6.07 Å². The van der Waals surface area contributed by atoms with Gasteiger partial charge in [-0.1, -0.05) is 18.2 Å². The third-order valence-corrected chi connectivity index (χ3v) is 7.25. The van der Waals surface area contributed by atoms with Gasteiger partial charge in [0.1, 0.15) is 0 Å². The Bertz CT molecular complexity index is 1300. The molecular formula is C25H23F3N4O2. The van der Waals surface area contributed by atoms with Gasteiger partial charge in [0.25, 0.3) is 0 Å². The Morgan fingerprint density at radius 3 is 2.85 bits per heavy atom. The molecule has 1 aromatic heterocycles. The van der Waals surface area contributed by atoms with E-state index in [1.165, 1.54) is 12.1 Å². The van der Waals surface area contributed by atoms with Crippen LogP contribution in [0.5, 0.6) is 0 Å². The molecule has 2 aliphatic heterocycles. The van der Waals surface area contributed by atoms with Crippen molar-refractivity contribution >= 4 is 11.0 Å². The Morgan fingerprint density at radius 1 is 1.15 bits per heavy atom. The summed E-state index contributed by atoms with van der Waals surface area (Å²) >= 11 is 0. The molecule has 34 heavy (non-hydrogen) atoms. The molecule has 3 atom stereocenters. The maximum absolute atomic E-state index is 13.2. The van der Waals surface area contributed by atoms with Crippen molar-refractivity contribution in [3.05, 3.63) is 65.5 Å². The first-order valence-electron chi connectivity index (χ1n) is 11.4. The van der Waals surface area contributed by atoms with E-state index in [9.17, 15) is 18.4 Å². The van der Waals surface area contributed by atoms with Crippen LogP contribution in [-0.2, 0) is 28.7 Å². The number of aromatic nitrogens is 2. The maximum Gasteiger partial charge on any atom is 0.416 e. The van der Waals surface area contributed by atoms with Crippen LogP contribution in [0.4, 0.5) is 13.2 Å². The molecule has 2 aromatic carbocycles. The first-order chi connectivity index (χ1) is 16.3. The summed E-state index contributed by atoms with van der Waals surface area (Å²) in [6.45, 7) is 1.53. The summed E-state index contributed by atoms with van der Waals surface area (Å²) in [6, 6.07) is 13.1. The lowest BCUT2D eigenvalue weighted by atomic mass is 9.74. The van der Waals surface area contributed by atoms with Gasteiger partial charge in [-0.25, -0.2) is 9.88 Å². The highest BCUT2D eigenvalue weighted by molar-refractivity contribution is 5.77. The smallest absolute Gasteiger partial charge is 0.331 e. The molecule has 0 amide bonds. The molecule has 3 heterocycles.